The second kappa shape index (κ2) is 6.59. The molecule has 1 radical (unpaired) electrons. The average Bonchev–Trinajstić information content (AvgIpc) is 2.57. The van der Waals surface area contributed by atoms with E-state index in [0.29, 0.717) is 0 Å². The molecule has 3 nitrogen and oxygen atoms in total. The molecule has 2 N–H and O–H groups in total. The highest BCUT2D eigenvalue weighted by molar-refractivity contribution is 5.99. The van der Waals surface area contributed by atoms with E-state index in [4.69, 9.17) is 0 Å². The van der Waals surface area contributed by atoms with Gasteiger partial charge in [-0.1, -0.05) is 54.6 Å². The fraction of sp³-hybridized carbons (Fsp3) is 0. The van der Waals surface area contributed by atoms with Crippen LogP contribution in [-0.2, 0) is 0 Å². The summed E-state index contributed by atoms with van der Waals surface area (Å²) in [6.07, 6.45) is 0. The van der Waals surface area contributed by atoms with Crippen LogP contribution in [0.15, 0.2) is 78.9 Å². The van der Waals surface area contributed by atoms with Crippen LogP contribution in [0.1, 0.15) is 0 Å². The van der Waals surface area contributed by atoms with Crippen molar-refractivity contribution < 1.29 is 4.79 Å². The van der Waals surface area contributed by atoms with Gasteiger partial charge in [0.05, 0.1) is 0 Å². The van der Waals surface area contributed by atoms with E-state index >= 15 is 0 Å². The normalized spacial score (nSPS) is 10.0. The number of hydrogen-bond donors (Lipinski definition) is 2. The van der Waals surface area contributed by atoms with Crippen molar-refractivity contribution in [2.45, 2.75) is 0 Å². The van der Waals surface area contributed by atoms with Gasteiger partial charge in [-0.05, 0) is 41.5 Å². The zero-order valence-corrected chi connectivity index (χ0v) is 11.9. The Morgan fingerprint density at radius 3 is 1.86 bits per heavy atom. The molecule has 0 heterocycles. The molecule has 107 valence electrons. The Hall–Kier alpha value is -3.07. The quantitative estimate of drug-likeness (QED) is 0.714. The molecule has 3 rings (SSSR count). The predicted octanol–water partition coefficient (Wildman–Crippen LogP) is 4.80. The standard InChI is InChI=1S/C19H15N2O/c22-19(20-17-9-5-2-6-10-17)21-18-13-11-16(12-14-18)15-7-3-1-4-8-15/h2-14H,(H2,20,21,22). The summed E-state index contributed by atoms with van der Waals surface area (Å²) in [4.78, 5) is 11.9. The van der Waals surface area contributed by atoms with E-state index in [1.165, 1.54) is 0 Å². The molecule has 0 aliphatic carbocycles. The van der Waals surface area contributed by atoms with Gasteiger partial charge in [0.15, 0.2) is 0 Å². The van der Waals surface area contributed by atoms with E-state index < -0.39 is 0 Å². The maximum absolute atomic E-state index is 11.9. The third-order valence-electron chi connectivity index (χ3n) is 3.23. The van der Waals surface area contributed by atoms with Crippen LogP contribution in [0.5, 0.6) is 0 Å². The Bertz CT molecular complexity index is 737. The molecule has 0 aliphatic heterocycles. The van der Waals surface area contributed by atoms with Gasteiger partial charge in [-0.15, -0.1) is 0 Å². The Labute approximate surface area is 129 Å². The summed E-state index contributed by atoms with van der Waals surface area (Å²) in [6.45, 7) is 0. The predicted molar refractivity (Wildman–Crippen MR) is 89.8 cm³/mol. The number of amides is 2. The van der Waals surface area contributed by atoms with Crippen LogP contribution in [0.2, 0.25) is 0 Å². The van der Waals surface area contributed by atoms with Gasteiger partial charge in [-0.3, -0.25) is 0 Å². The van der Waals surface area contributed by atoms with Gasteiger partial charge in [-0.25, -0.2) is 4.79 Å². The largest absolute Gasteiger partial charge is 0.323 e. The number of nitrogens with one attached hydrogen (secondary N) is 2. The molecular formula is C19H15N2O. The van der Waals surface area contributed by atoms with Crippen LogP contribution in [0, 0.1) is 6.07 Å². The van der Waals surface area contributed by atoms with Crippen molar-refractivity contribution in [1.82, 2.24) is 0 Å². The summed E-state index contributed by atoms with van der Waals surface area (Å²) >= 11 is 0. The topological polar surface area (TPSA) is 41.1 Å². The molecule has 0 saturated carbocycles. The summed E-state index contributed by atoms with van der Waals surface area (Å²) in [5.41, 5.74) is 3.74. The van der Waals surface area contributed by atoms with Gasteiger partial charge in [0.25, 0.3) is 0 Å². The number of anilines is 2. The lowest BCUT2D eigenvalue weighted by molar-refractivity contribution is 0.262. The first-order valence-corrected chi connectivity index (χ1v) is 7.01. The van der Waals surface area contributed by atoms with Crippen LogP contribution < -0.4 is 10.6 Å². The van der Waals surface area contributed by atoms with Gasteiger partial charge >= 0.3 is 6.03 Å². The first-order valence-electron chi connectivity index (χ1n) is 7.01. The third-order valence-corrected chi connectivity index (χ3v) is 3.23. The molecule has 0 aliphatic rings. The highest BCUT2D eigenvalue weighted by Gasteiger charge is 2.03. The Morgan fingerprint density at radius 2 is 1.23 bits per heavy atom. The molecule has 0 bridgehead atoms. The first-order chi connectivity index (χ1) is 10.8. The molecule has 2 amide bonds. The van der Waals surface area contributed by atoms with Crippen molar-refractivity contribution in [2.75, 3.05) is 10.6 Å². The van der Waals surface area contributed by atoms with Crippen LogP contribution in [0.25, 0.3) is 11.1 Å². The summed E-state index contributed by atoms with van der Waals surface area (Å²) in [6, 6.07) is 27.6. The molecule has 0 spiro atoms. The SMILES string of the molecule is O=C(Nc1ccccc1)Nc1ccc(-c2cc[c]cc2)cc1. The number of urea groups is 1. The van der Waals surface area contributed by atoms with Gasteiger partial charge in [0.1, 0.15) is 0 Å². The Morgan fingerprint density at radius 1 is 0.682 bits per heavy atom. The van der Waals surface area contributed by atoms with E-state index in [1.54, 1.807) is 0 Å². The average molecular weight is 287 g/mol. The van der Waals surface area contributed by atoms with E-state index in [9.17, 15) is 4.79 Å². The van der Waals surface area contributed by atoms with Crippen molar-refractivity contribution in [1.29, 1.82) is 0 Å². The minimum atomic E-state index is -0.256. The van der Waals surface area contributed by atoms with Crippen LogP contribution >= 0.6 is 0 Å². The van der Waals surface area contributed by atoms with Gasteiger partial charge < -0.3 is 10.6 Å². The van der Waals surface area contributed by atoms with Gasteiger partial charge in [0, 0.05) is 11.4 Å². The summed E-state index contributed by atoms with van der Waals surface area (Å²) < 4.78 is 0. The van der Waals surface area contributed by atoms with Crippen molar-refractivity contribution in [3.05, 3.63) is 84.9 Å². The third kappa shape index (κ3) is 3.52. The van der Waals surface area contributed by atoms with Crippen LogP contribution in [-0.4, -0.2) is 6.03 Å². The molecule has 0 atom stereocenters. The maximum atomic E-state index is 11.9. The summed E-state index contributed by atoms with van der Waals surface area (Å²) in [5.74, 6) is 0. The number of para-hydroxylation sites is 1. The van der Waals surface area contributed by atoms with E-state index in [-0.39, 0.29) is 6.03 Å². The summed E-state index contributed by atoms with van der Waals surface area (Å²) in [7, 11) is 0. The fourth-order valence-electron chi connectivity index (χ4n) is 2.14. The zero-order chi connectivity index (χ0) is 15.2. The molecule has 0 fully saturated rings. The lowest BCUT2D eigenvalue weighted by Gasteiger charge is -2.08. The van der Waals surface area contributed by atoms with E-state index in [2.05, 4.69) is 16.7 Å². The number of carbonyl (C=O) groups is 1. The molecule has 22 heavy (non-hydrogen) atoms. The van der Waals surface area contributed by atoms with Gasteiger partial charge in [-0.2, -0.15) is 0 Å². The second-order valence-electron chi connectivity index (χ2n) is 4.81. The first kappa shape index (κ1) is 13.9. The van der Waals surface area contributed by atoms with Crippen molar-refractivity contribution in [3.8, 4) is 11.1 Å². The minimum absolute atomic E-state index is 0.256. The van der Waals surface area contributed by atoms with Crippen molar-refractivity contribution in [3.63, 3.8) is 0 Å². The molecule has 0 aromatic heterocycles. The number of benzene rings is 3. The van der Waals surface area contributed by atoms with Crippen LogP contribution in [0.3, 0.4) is 0 Å². The highest BCUT2D eigenvalue weighted by Crippen LogP contribution is 2.21. The molecule has 0 unspecified atom stereocenters. The lowest BCUT2D eigenvalue weighted by atomic mass is 10.1. The minimum Gasteiger partial charge on any atom is -0.308 e. The van der Waals surface area contributed by atoms with Crippen molar-refractivity contribution in [2.24, 2.45) is 0 Å². The molecule has 3 aromatic carbocycles. The Balaban J connectivity index is 1.65. The smallest absolute Gasteiger partial charge is 0.308 e. The van der Waals surface area contributed by atoms with Gasteiger partial charge in [0.2, 0.25) is 0 Å². The Kier molecular flexibility index (Phi) is 4.16. The number of carbonyl (C=O) groups excluding carboxylic acids is 1. The van der Waals surface area contributed by atoms with E-state index in [0.717, 1.165) is 22.5 Å². The summed E-state index contributed by atoms with van der Waals surface area (Å²) in [5, 5.41) is 5.60. The molecule has 0 saturated heterocycles. The molecule has 3 aromatic rings. The number of rotatable bonds is 3. The maximum Gasteiger partial charge on any atom is 0.323 e. The monoisotopic (exact) mass is 287 g/mol. The van der Waals surface area contributed by atoms with Crippen molar-refractivity contribution >= 4 is 17.4 Å². The zero-order valence-electron chi connectivity index (χ0n) is 11.9. The van der Waals surface area contributed by atoms with E-state index in [1.807, 2.05) is 78.9 Å². The molecule has 3 heteroatoms. The fourth-order valence-corrected chi connectivity index (χ4v) is 2.14. The highest BCUT2D eigenvalue weighted by atomic mass is 16.2. The lowest BCUT2D eigenvalue weighted by Crippen LogP contribution is -2.19. The van der Waals surface area contributed by atoms with Crippen LogP contribution in [0.4, 0.5) is 16.2 Å². The molecular weight excluding hydrogens is 272 g/mol. The second-order valence-corrected chi connectivity index (χ2v) is 4.81. The number of hydrogen-bond acceptors (Lipinski definition) is 1.